The van der Waals surface area contributed by atoms with Gasteiger partial charge in [-0.25, -0.2) is 17.9 Å². The minimum Gasteiger partial charge on any atom is -0.872 e. The fraction of sp³-hybridized carbons (Fsp3) is 0.235. The smallest absolute Gasteiger partial charge is 0.335 e. The van der Waals surface area contributed by atoms with Gasteiger partial charge in [-0.15, -0.1) is 0 Å². The summed E-state index contributed by atoms with van der Waals surface area (Å²) in [7, 11) is -3.93. The summed E-state index contributed by atoms with van der Waals surface area (Å²) >= 11 is 0. The van der Waals surface area contributed by atoms with Gasteiger partial charge >= 0.3 is 5.97 Å². The third-order valence-corrected chi connectivity index (χ3v) is 5.63. The second-order valence-electron chi connectivity index (χ2n) is 5.73. The molecule has 24 heavy (non-hydrogen) atoms. The molecule has 7 heteroatoms. The van der Waals surface area contributed by atoms with Crippen molar-refractivity contribution in [2.24, 2.45) is 0 Å². The Balaban J connectivity index is 1.93. The molecule has 0 saturated carbocycles. The Morgan fingerprint density at radius 3 is 2.71 bits per heavy atom. The molecular formula is C17H16NO5S-. The molecule has 1 aliphatic rings. The molecule has 0 amide bonds. The molecule has 0 aliphatic heterocycles. The van der Waals surface area contributed by atoms with E-state index in [-0.39, 0.29) is 10.9 Å². The van der Waals surface area contributed by atoms with Crippen LogP contribution in [0, 0.1) is 0 Å². The first kappa shape index (κ1) is 16.5. The maximum atomic E-state index is 12.6. The van der Waals surface area contributed by atoms with Crippen LogP contribution in [0.1, 0.15) is 40.4 Å². The predicted molar refractivity (Wildman–Crippen MR) is 85.3 cm³/mol. The highest BCUT2D eigenvalue weighted by molar-refractivity contribution is 7.89. The molecule has 0 heterocycles. The lowest BCUT2D eigenvalue weighted by atomic mass is 9.88. The SMILES string of the molecule is O=C(O)c1cc(S(=O)(=O)N[C@@H]2CCCc3ccccc32)ccc1[O-]. The third kappa shape index (κ3) is 3.13. The van der Waals surface area contributed by atoms with Crippen molar-refractivity contribution in [1.29, 1.82) is 0 Å². The number of sulfonamides is 1. The topological polar surface area (TPSA) is 107 Å². The molecule has 6 nitrogen and oxygen atoms in total. The van der Waals surface area contributed by atoms with Gasteiger partial charge in [0.2, 0.25) is 10.0 Å². The van der Waals surface area contributed by atoms with Crippen LogP contribution in [0.4, 0.5) is 0 Å². The number of benzene rings is 2. The van der Waals surface area contributed by atoms with E-state index in [1.165, 1.54) is 0 Å². The first-order chi connectivity index (χ1) is 11.4. The number of hydrogen-bond acceptors (Lipinski definition) is 4. The van der Waals surface area contributed by atoms with Crippen LogP contribution in [0.2, 0.25) is 0 Å². The van der Waals surface area contributed by atoms with Crippen LogP contribution >= 0.6 is 0 Å². The third-order valence-electron chi connectivity index (χ3n) is 4.16. The summed E-state index contributed by atoms with van der Waals surface area (Å²) in [5.41, 5.74) is 1.49. The second-order valence-corrected chi connectivity index (χ2v) is 7.44. The van der Waals surface area contributed by atoms with E-state index < -0.39 is 27.3 Å². The van der Waals surface area contributed by atoms with Crippen LogP contribution in [0.15, 0.2) is 47.4 Å². The highest BCUT2D eigenvalue weighted by atomic mass is 32.2. The Kier molecular flexibility index (Phi) is 4.29. The molecule has 0 saturated heterocycles. The van der Waals surface area contributed by atoms with Crippen molar-refractivity contribution in [3.8, 4) is 5.75 Å². The second kappa shape index (κ2) is 6.26. The quantitative estimate of drug-likeness (QED) is 0.878. The molecule has 126 valence electrons. The number of nitrogens with one attached hydrogen (secondary N) is 1. The van der Waals surface area contributed by atoms with E-state index in [1.54, 1.807) is 0 Å². The largest absolute Gasteiger partial charge is 0.872 e. The van der Waals surface area contributed by atoms with Crippen molar-refractivity contribution in [3.63, 3.8) is 0 Å². The number of hydrogen-bond donors (Lipinski definition) is 2. The molecular weight excluding hydrogens is 330 g/mol. The molecule has 2 N–H and O–H groups in total. The van der Waals surface area contributed by atoms with Gasteiger partial charge < -0.3 is 10.2 Å². The maximum absolute atomic E-state index is 12.6. The van der Waals surface area contributed by atoms with Crippen molar-refractivity contribution < 1.29 is 23.4 Å². The highest BCUT2D eigenvalue weighted by Crippen LogP contribution is 2.31. The number of aromatic carboxylic acids is 1. The molecule has 0 fully saturated rings. The van der Waals surface area contributed by atoms with Gasteiger partial charge in [0.25, 0.3) is 0 Å². The number of fused-ring (bicyclic) bond motifs is 1. The van der Waals surface area contributed by atoms with Gasteiger partial charge in [-0.2, -0.15) is 0 Å². The van der Waals surface area contributed by atoms with Crippen LogP contribution in [-0.4, -0.2) is 19.5 Å². The Morgan fingerprint density at radius 1 is 1.21 bits per heavy atom. The normalized spacial score (nSPS) is 17.2. The zero-order valence-corrected chi connectivity index (χ0v) is 13.5. The fourth-order valence-corrected chi connectivity index (χ4v) is 4.25. The zero-order valence-electron chi connectivity index (χ0n) is 12.7. The van der Waals surface area contributed by atoms with Crippen molar-refractivity contribution in [1.82, 2.24) is 4.72 Å². The number of carboxylic acids is 1. The van der Waals surface area contributed by atoms with Crippen LogP contribution < -0.4 is 9.83 Å². The predicted octanol–water partition coefficient (Wildman–Crippen LogP) is 1.81. The Morgan fingerprint density at radius 2 is 1.96 bits per heavy atom. The lowest BCUT2D eigenvalue weighted by Gasteiger charge is -2.26. The van der Waals surface area contributed by atoms with Gasteiger partial charge in [0, 0.05) is 6.04 Å². The van der Waals surface area contributed by atoms with E-state index >= 15 is 0 Å². The molecule has 0 bridgehead atoms. The first-order valence-corrected chi connectivity index (χ1v) is 9.01. The molecule has 3 rings (SSSR count). The summed E-state index contributed by atoms with van der Waals surface area (Å²) < 4.78 is 27.8. The minimum atomic E-state index is -3.93. The molecule has 0 radical (unpaired) electrons. The molecule has 0 aromatic heterocycles. The van der Waals surface area contributed by atoms with Gasteiger partial charge in [0.05, 0.1) is 10.5 Å². The minimum absolute atomic E-state index is 0.220. The lowest BCUT2D eigenvalue weighted by Crippen LogP contribution is -2.31. The van der Waals surface area contributed by atoms with Gasteiger partial charge in [0.1, 0.15) is 0 Å². The monoisotopic (exact) mass is 346 g/mol. The Hall–Kier alpha value is -2.38. The molecule has 0 spiro atoms. The summed E-state index contributed by atoms with van der Waals surface area (Å²) in [6.07, 6.45) is 2.44. The van der Waals surface area contributed by atoms with E-state index in [2.05, 4.69) is 4.72 Å². The Labute approximate surface area is 139 Å². The van der Waals surface area contributed by atoms with Crippen molar-refractivity contribution >= 4 is 16.0 Å². The summed E-state index contributed by atoms with van der Waals surface area (Å²) in [6, 6.07) is 10.3. The molecule has 2 aromatic carbocycles. The lowest BCUT2D eigenvalue weighted by molar-refractivity contribution is -0.268. The van der Waals surface area contributed by atoms with Crippen molar-refractivity contribution in [2.45, 2.75) is 30.2 Å². The summed E-state index contributed by atoms with van der Waals surface area (Å²) in [4.78, 5) is 10.8. The van der Waals surface area contributed by atoms with E-state index in [9.17, 15) is 18.3 Å². The fourth-order valence-electron chi connectivity index (χ4n) is 2.98. The van der Waals surface area contributed by atoms with Gasteiger partial charge in [-0.3, -0.25) is 0 Å². The van der Waals surface area contributed by atoms with Crippen LogP contribution in [0.25, 0.3) is 0 Å². The van der Waals surface area contributed by atoms with Crippen molar-refractivity contribution in [2.75, 3.05) is 0 Å². The van der Waals surface area contributed by atoms with Crippen LogP contribution in [-0.2, 0) is 16.4 Å². The van der Waals surface area contributed by atoms with Gasteiger partial charge in [-0.1, -0.05) is 36.1 Å². The standard InChI is InChI=1S/C17H17NO5S/c19-16-9-8-12(10-14(16)17(20)21)24(22,23)18-15-7-3-5-11-4-1-2-6-13(11)15/h1-2,4,6,8-10,15,18-19H,3,5,7H2,(H,20,21)/p-1/t15-/m1/s1. The first-order valence-electron chi connectivity index (χ1n) is 7.53. The van der Waals surface area contributed by atoms with Gasteiger partial charge in [0.15, 0.2) is 0 Å². The van der Waals surface area contributed by atoms with Crippen LogP contribution in [0.5, 0.6) is 5.75 Å². The number of carboxylic acid groups (broad SMARTS) is 1. The molecule has 1 aliphatic carbocycles. The van der Waals surface area contributed by atoms with E-state index in [0.29, 0.717) is 6.42 Å². The average molecular weight is 346 g/mol. The molecule has 0 unspecified atom stereocenters. The maximum Gasteiger partial charge on any atom is 0.335 e. The number of aryl methyl sites for hydroxylation is 1. The van der Waals surface area contributed by atoms with E-state index in [0.717, 1.165) is 42.2 Å². The Bertz CT molecular complexity index is 892. The zero-order chi connectivity index (χ0) is 17.3. The van der Waals surface area contributed by atoms with E-state index in [4.69, 9.17) is 5.11 Å². The van der Waals surface area contributed by atoms with E-state index in [1.807, 2.05) is 24.3 Å². The number of carbonyl (C=O) groups is 1. The summed E-state index contributed by atoms with van der Waals surface area (Å²) in [6.45, 7) is 0. The average Bonchev–Trinajstić information content (AvgIpc) is 2.55. The summed E-state index contributed by atoms with van der Waals surface area (Å²) in [5.74, 6) is -2.16. The van der Waals surface area contributed by atoms with Gasteiger partial charge in [-0.05, 0) is 42.5 Å². The van der Waals surface area contributed by atoms with Crippen molar-refractivity contribution in [3.05, 3.63) is 59.2 Å². The molecule has 1 atom stereocenters. The summed E-state index contributed by atoms with van der Waals surface area (Å²) in [5, 5.41) is 20.5. The number of rotatable bonds is 4. The molecule has 2 aromatic rings. The van der Waals surface area contributed by atoms with Crippen LogP contribution in [0.3, 0.4) is 0 Å². The highest BCUT2D eigenvalue weighted by Gasteiger charge is 2.26.